The van der Waals surface area contributed by atoms with E-state index in [2.05, 4.69) is 24.5 Å². The second kappa shape index (κ2) is 9.39. The molecule has 0 radical (unpaired) electrons. The molecular weight excluding hydrogens is 342 g/mol. The van der Waals surface area contributed by atoms with E-state index in [1.54, 1.807) is 37.3 Å². The van der Waals surface area contributed by atoms with E-state index >= 15 is 0 Å². The molecule has 0 spiro atoms. The van der Waals surface area contributed by atoms with Gasteiger partial charge in [-0.25, -0.2) is 0 Å². The maximum absolute atomic E-state index is 12.5. The van der Waals surface area contributed by atoms with Crippen molar-refractivity contribution in [3.63, 3.8) is 0 Å². The Balaban J connectivity index is 2.02. The topological polar surface area (TPSA) is 91.2 Å². The molecule has 0 saturated carbocycles. The molecule has 0 saturated heterocycles. The Hall–Kier alpha value is -3.33. The second-order valence-corrected chi connectivity index (χ2v) is 6.40. The highest BCUT2D eigenvalue weighted by atomic mass is 16.5. The fraction of sp³-hybridized carbons (Fsp3) is 0.286. The van der Waals surface area contributed by atoms with E-state index in [9.17, 15) is 9.59 Å². The summed E-state index contributed by atoms with van der Waals surface area (Å²) in [7, 11) is 0. The lowest BCUT2D eigenvalue weighted by Crippen LogP contribution is -2.30. The minimum Gasteiger partial charge on any atom is -0.481 e. The number of benzene rings is 2. The summed E-state index contributed by atoms with van der Waals surface area (Å²) in [5, 5.41) is 13.9. The minimum absolute atomic E-state index is 0.256. The number of nitriles is 1. The minimum atomic E-state index is -0.724. The summed E-state index contributed by atoms with van der Waals surface area (Å²) in [5.74, 6) is 0.254. The number of rotatable bonds is 7. The summed E-state index contributed by atoms with van der Waals surface area (Å²) in [4.78, 5) is 24.1. The number of amides is 2. The van der Waals surface area contributed by atoms with Crippen LogP contribution in [-0.4, -0.2) is 17.9 Å². The lowest BCUT2D eigenvalue weighted by Gasteiger charge is -2.17. The molecular formula is C21H23N3O3. The van der Waals surface area contributed by atoms with Gasteiger partial charge >= 0.3 is 0 Å². The van der Waals surface area contributed by atoms with Gasteiger partial charge in [-0.15, -0.1) is 0 Å². The van der Waals surface area contributed by atoms with Gasteiger partial charge in [-0.2, -0.15) is 5.26 Å². The van der Waals surface area contributed by atoms with Crippen LogP contribution in [0.4, 0.5) is 11.4 Å². The molecule has 0 bridgehead atoms. The third-order valence-electron chi connectivity index (χ3n) is 3.93. The molecule has 140 valence electrons. The average molecular weight is 365 g/mol. The molecule has 27 heavy (non-hydrogen) atoms. The van der Waals surface area contributed by atoms with Crippen molar-refractivity contribution in [2.24, 2.45) is 0 Å². The summed E-state index contributed by atoms with van der Waals surface area (Å²) in [6.45, 7) is 5.88. The molecule has 0 aliphatic rings. The molecule has 0 aliphatic carbocycles. The van der Waals surface area contributed by atoms with E-state index < -0.39 is 12.0 Å². The van der Waals surface area contributed by atoms with Crippen molar-refractivity contribution in [2.75, 3.05) is 10.6 Å². The predicted octanol–water partition coefficient (Wildman–Crippen LogP) is 4.07. The lowest BCUT2D eigenvalue weighted by molar-refractivity contribution is -0.122. The molecule has 1 atom stereocenters. The van der Waals surface area contributed by atoms with Crippen molar-refractivity contribution < 1.29 is 14.3 Å². The molecule has 0 aromatic heterocycles. The molecule has 2 N–H and O–H groups in total. The highest BCUT2D eigenvalue weighted by Gasteiger charge is 2.17. The number of anilines is 2. The van der Waals surface area contributed by atoms with Gasteiger partial charge in [0, 0.05) is 0 Å². The smallest absolute Gasteiger partial charge is 0.265 e. The molecule has 2 amide bonds. The third-order valence-corrected chi connectivity index (χ3v) is 3.93. The van der Waals surface area contributed by atoms with E-state index in [0.717, 1.165) is 0 Å². The van der Waals surface area contributed by atoms with Gasteiger partial charge in [0.05, 0.1) is 17.4 Å². The lowest BCUT2D eigenvalue weighted by atomic mass is 10.0. The zero-order chi connectivity index (χ0) is 19.8. The van der Waals surface area contributed by atoms with E-state index in [1.165, 1.54) is 5.56 Å². The van der Waals surface area contributed by atoms with Crippen molar-refractivity contribution >= 4 is 23.2 Å². The van der Waals surface area contributed by atoms with Gasteiger partial charge in [0.25, 0.3) is 5.91 Å². The Morgan fingerprint density at radius 2 is 1.59 bits per heavy atom. The van der Waals surface area contributed by atoms with Crippen LogP contribution in [0, 0.1) is 11.3 Å². The highest BCUT2D eigenvalue weighted by molar-refractivity contribution is 6.01. The van der Waals surface area contributed by atoms with Gasteiger partial charge in [-0.1, -0.05) is 38.1 Å². The molecule has 2 rings (SSSR count). The summed E-state index contributed by atoms with van der Waals surface area (Å²) >= 11 is 0. The summed E-state index contributed by atoms with van der Waals surface area (Å²) in [6, 6.07) is 16.2. The van der Waals surface area contributed by atoms with Crippen LogP contribution < -0.4 is 15.4 Å². The Labute approximate surface area is 159 Å². The first kappa shape index (κ1) is 20.0. The van der Waals surface area contributed by atoms with E-state index in [0.29, 0.717) is 23.0 Å². The molecule has 0 aliphatic heterocycles. The van der Waals surface area contributed by atoms with Crippen LogP contribution in [0.3, 0.4) is 0 Å². The van der Waals surface area contributed by atoms with Crippen molar-refractivity contribution in [2.45, 2.75) is 39.2 Å². The summed E-state index contributed by atoms with van der Waals surface area (Å²) in [5.41, 5.74) is 2.07. The van der Waals surface area contributed by atoms with Gasteiger partial charge in [0.2, 0.25) is 5.91 Å². The van der Waals surface area contributed by atoms with Crippen LogP contribution >= 0.6 is 0 Å². The number of carbonyl (C=O) groups is 2. The quantitative estimate of drug-likeness (QED) is 0.774. The van der Waals surface area contributed by atoms with Crippen LogP contribution in [0.25, 0.3) is 0 Å². The molecule has 6 heteroatoms. The monoisotopic (exact) mass is 365 g/mol. The maximum Gasteiger partial charge on any atom is 0.265 e. The largest absolute Gasteiger partial charge is 0.481 e. The third kappa shape index (κ3) is 5.86. The standard InChI is InChI=1S/C21H23N3O3/c1-14(2)16-8-10-17(11-9-16)27-15(3)21(26)24-19-7-5-4-6-18(19)23-20(25)12-13-22/h4-11,14-15H,12H2,1-3H3,(H,23,25)(H,24,26). The second-order valence-electron chi connectivity index (χ2n) is 6.40. The number of nitrogens with one attached hydrogen (secondary N) is 2. The maximum atomic E-state index is 12.5. The van der Waals surface area contributed by atoms with Gasteiger partial charge in [-0.3, -0.25) is 9.59 Å². The van der Waals surface area contributed by atoms with Crippen LogP contribution in [0.15, 0.2) is 48.5 Å². The van der Waals surface area contributed by atoms with Crippen LogP contribution in [-0.2, 0) is 9.59 Å². The number of hydrogen-bond acceptors (Lipinski definition) is 4. The van der Waals surface area contributed by atoms with Crippen LogP contribution in [0.5, 0.6) is 5.75 Å². The average Bonchev–Trinajstić information content (AvgIpc) is 2.64. The molecule has 0 heterocycles. The summed E-state index contributed by atoms with van der Waals surface area (Å²) in [6.07, 6.45) is -0.980. The molecule has 2 aromatic rings. The molecule has 0 fully saturated rings. The van der Waals surface area contributed by atoms with Gasteiger partial charge in [-0.05, 0) is 42.7 Å². The van der Waals surface area contributed by atoms with Crippen molar-refractivity contribution in [3.05, 3.63) is 54.1 Å². The van der Waals surface area contributed by atoms with Gasteiger partial charge in [0.15, 0.2) is 6.10 Å². The predicted molar refractivity (Wildman–Crippen MR) is 105 cm³/mol. The van der Waals surface area contributed by atoms with Crippen LogP contribution in [0.1, 0.15) is 38.7 Å². The molecule has 2 aromatic carbocycles. The highest BCUT2D eigenvalue weighted by Crippen LogP contribution is 2.23. The Kier molecular flexibility index (Phi) is 6.95. The summed E-state index contributed by atoms with van der Waals surface area (Å²) < 4.78 is 5.70. The van der Waals surface area contributed by atoms with E-state index in [1.807, 2.05) is 24.3 Å². The Morgan fingerprint density at radius 3 is 2.15 bits per heavy atom. The number of nitrogens with zero attached hydrogens (tertiary/aromatic N) is 1. The SMILES string of the molecule is CC(Oc1ccc(C(C)C)cc1)C(=O)Nc1ccccc1NC(=O)CC#N. The van der Waals surface area contributed by atoms with Crippen LogP contribution in [0.2, 0.25) is 0 Å². The van der Waals surface area contributed by atoms with Gasteiger partial charge < -0.3 is 15.4 Å². The van der Waals surface area contributed by atoms with Crippen molar-refractivity contribution in [3.8, 4) is 11.8 Å². The zero-order valence-electron chi connectivity index (χ0n) is 15.7. The van der Waals surface area contributed by atoms with Crippen molar-refractivity contribution in [1.29, 1.82) is 5.26 Å². The molecule has 1 unspecified atom stereocenters. The number of ether oxygens (including phenoxy) is 1. The Bertz CT molecular complexity index is 838. The zero-order valence-corrected chi connectivity index (χ0v) is 15.7. The van der Waals surface area contributed by atoms with Gasteiger partial charge in [0.1, 0.15) is 12.2 Å². The first-order valence-electron chi connectivity index (χ1n) is 8.74. The number of hydrogen-bond donors (Lipinski definition) is 2. The Morgan fingerprint density at radius 1 is 1.00 bits per heavy atom. The van der Waals surface area contributed by atoms with Crippen molar-refractivity contribution in [1.82, 2.24) is 0 Å². The number of para-hydroxylation sites is 2. The molecule has 6 nitrogen and oxygen atoms in total. The normalized spacial score (nSPS) is 11.4. The first-order chi connectivity index (χ1) is 12.9. The number of carbonyl (C=O) groups excluding carboxylic acids is 2. The fourth-order valence-corrected chi connectivity index (χ4v) is 2.39. The fourth-order valence-electron chi connectivity index (χ4n) is 2.39. The van der Waals surface area contributed by atoms with E-state index in [-0.39, 0.29) is 12.3 Å². The first-order valence-corrected chi connectivity index (χ1v) is 8.74. The van der Waals surface area contributed by atoms with E-state index in [4.69, 9.17) is 10.00 Å².